The van der Waals surface area contributed by atoms with Gasteiger partial charge in [0.1, 0.15) is 0 Å². The number of carbonyl (C=O) groups is 2. The van der Waals surface area contributed by atoms with Crippen LogP contribution < -0.4 is 16.6 Å². The summed E-state index contributed by atoms with van der Waals surface area (Å²) in [5.74, 6) is 5.17. The van der Waals surface area contributed by atoms with Gasteiger partial charge in [-0.3, -0.25) is 15.4 Å². The molecular formula is C17H15N3O2. The summed E-state index contributed by atoms with van der Waals surface area (Å²) < 4.78 is 0. The molecule has 0 atom stereocenters. The molecule has 4 N–H and O–H groups in total. The molecule has 0 radical (unpaired) electrons. The Balaban J connectivity index is 2.32. The molecule has 2 aromatic rings. The number of carbonyl (C=O) groups excluding carboxylic acids is 2. The number of nitrogen functional groups attached to an aromatic ring is 1. The highest BCUT2D eigenvalue weighted by molar-refractivity contribution is 6.23. The first-order valence-corrected chi connectivity index (χ1v) is 6.79. The molecule has 5 nitrogen and oxygen atoms in total. The number of ketones is 1. The van der Waals surface area contributed by atoms with Crippen molar-refractivity contribution in [3.05, 3.63) is 65.2 Å². The average molecular weight is 293 g/mol. The molecule has 1 aliphatic carbocycles. The summed E-state index contributed by atoms with van der Waals surface area (Å²) in [7, 11) is 0. The van der Waals surface area contributed by atoms with Crippen LogP contribution in [-0.2, 0) is 4.79 Å². The van der Waals surface area contributed by atoms with Gasteiger partial charge in [-0.25, -0.2) is 0 Å². The van der Waals surface area contributed by atoms with Gasteiger partial charge in [-0.15, -0.1) is 0 Å². The van der Waals surface area contributed by atoms with E-state index in [9.17, 15) is 9.59 Å². The lowest BCUT2D eigenvalue weighted by molar-refractivity contribution is -0.114. The van der Waals surface area contributed by atoms with E-state index in [0.717, 1.165) is 5.56 Å². The van der Waals surface area contributed by atoms with Gasteiger partial charge in [-0.1, -0.05) is 30.8 Å². The van der Waals surface area contributed by atoms with Crippen LogP contribution in [0.3, 0.4) is 0 Å². The molecule has 2 aromatic carbocycles. The monoisotopic (exact) mass is 293 g/mol. The van der Waals surface area contributed by atoms with Gasteiger partial charge in [0.25, 0.3) is 0 Å². The number of fused-ring (bicyclic) bond motifs is 2. The Kier molecular flexibility index (Phi) is 3.27. The van der Waals surface area contributed by atoms with Crippen LogP contribution in [-0.4, -0.2) is 11.7 Å². The molecule has 0 unspecified atom stereocenters. The molecule has 110 valence electrons. The Bertz CT molecular complexity index is 825. The molecule has 0 heterocycles. The first kappa shape index (κ1) is 14.0. The van der Waals surface area contributed by atoms with Gasteiger partial charge in [-0.05, 0) is 23.3 Å². The van der Waals surface area contributed by atoms with Crippen LogP contribution in [0.4, 0.5) is 11.4 Å². The van der Waals surface area contributed by atoms with Gasteiger partial charge in [0.05, 0.1) is 16.9 Å². The summed E-state index contributed by atoms with van der Waals surface area (Å²) in [5, 5.41) is 2.70. The summed E-state index contributed by atoms with van der Waals surface area (Å²) in [5.41, 5.74) is 6.72. The number of hydrogen-bond acceptors (Lipinski definition) is 4. The third-order valence-corrected chi connectivity index (χ3v) is 3.70. The van der Waals surface area contributed by atoms with E-state index >= 15 is 0 Å². The van der Waals surface area contributed by atoms with Gasteiger partial charge >= 0.3 is 0 Å². The van der Waals surface area contributed by atoms with Crippen LogP contribution in [0.1, 0.15) is 34.0 Å². The number of amides is 1. The lowest BCUT2D eigenvalue weighted by Gasteiger charge is -2.25. The van der Waals surface area contributed by atoms with Gasteiger partial charge in [0.2, 0.25) is 5.91 Å². The minimum absolute atomic E-state index is 0.154. The summed E-state index contributed by atoms with van der Waals surface area (Å²) in [6, 6.07) is 10.6. The fourth-order valence-corrected chi connectivity index (χ4v) is 2.78. The first-order valence-electron chi connectivity index (χ1n) is 6.79. The molecular weight excluding hydrogens is 278 g/mol. The van der Waals surface area contributed by atoms with E-state index < -0.39 is 0 Å². The maximum Gasteiger partial charge on any atom is 0.221 e. The Morgan fingerprint density at radius 1 is 1.05 bits per heavy atom. The zero-order valence-corrected chi connectivity index (χ0v) is 12.1. The molecule has 5 heteroatoms. The number of rotatable bonds is 2. The highest BCUT2D eigenvalue weighted by Gasteiger charge is 2.30. The van der Waals surface area contributed by atoms with Crippen molar-refractivity contribution in [2.24, 2.45) is 5.84 Å². The van der Waals surface area contributed by atoms with Gasteiger partial charge in [0, 0.05) is 18.1 Å². The molecule has 0 spiro atoms. The van der Waals surface area contributed by atoms with Crippen molar-refractivity contribution in [3.63, 3.8) is 0 Å². The smallest absolute Gasteiger partial charge is 0.221 e. The van der Waals surface area contributed by atoms with Gasteiger partial charge in [-0.2, -0.15) is 0 Å². The molecule has 1 amide bonds. The zero-order valence-electron chi connectivity index (χ0n) is 12.1. The van der Waals surface area contributed by atoms with E-state index in [1.807, 2.05) is 12.1 Å². The Morgan fingerprint density at radius 3 is 2.32 bits per heavy atom. The van der Waals surface area contributed by atoms with Crippen molar-refractivity contribution in [3.8, 4) is 0 Å². The second-order valence-electron chi connectivity index (χ2n) is 5.09. The van der Waals surface area contributed by atoms with E-state index in [0.29, 0.717) is 33.6 Å². The fourth-order valence-electron chi connectivity index (χ4n) is 2.78. The summed E-state index contributed by atoms with van der Waals surface area (Å²) >= 11 is 0. The fraction of sp³-hybridized carbons (Fsp3) is 0.0588. The van der Waals surface area contributed by atoms with Crippen molar-refractivity contribution in [2.75, 3.05) is 10.7 Å². The third kappa shape index (κ3) is 1.99. The van der Waals surface area contributed by atoms with E-state index in [2.05, 4.69) is 17.3 Å². The van der Waals surface area contributed by atoms with Gasteiger partial charge in [0.15, 0.2) is 5.78 Å². The second kappa shape index (κ2) is 5.13. The number of hydrazine groups is 1. The molecule has 0 aromatic heterocycles. The number of nitrogens with two attached hydrogens (primary N) is 1. The molecule has 3 rings (SSSR count). The van der Waals surface area contributed by atoms with Gasteiger partial charge < -0.3 is 10.7 Å². The van der Waals surface area contributed by atoms with Crippen molar-refractivity contribution >= 4 is 28.6 Å². The van der Waals surface area contributed by atoms with Crippen LogP contribution in [0.2, 0.25) is 0 Å². The number of benzene rings is 2. The molecule has 0 bridgehead atoms. The quantitative estimate of drug-likeness (QED) is 0.501. The van der Waals surface area contributed by atoms with E-state index in [1.165, 1.54) is 6.92 Å². The van der Waals surface area contributed by atoms with Crippen molar-refractivity contribution < 1.29 is 9.59 Å². The number of anilines is 2. The minimum Gasteiger partial charge on any atom is -0.326 e. The SMILES string of the molecule is C=C1c2ccccc2C(=O)c2c(NC(C)=O)ccc(NN)c21. The molecule has 0 saturated carbocycles. The predicted molar refractivity (Wildman–Crippen MR) is 86.6 cm³/mol. The summed E-state index contributed by atoms with van der Waals surface area (Å²) in [4.78, 5) is 24.3. The van der Waals surface area contributed by atoms with Crippen LogP contribution in [0, 0.1) is 0 Å². The lowest BCUT2D eigenvalue weighted by Crippen LogP contribution is -2.21. The Labute approximate surface area is 127 Å². The maximum absolute atomic E-state index is 12.9. The average Bonchev–Trinajstić information content (AvgIpc) is 2.51. The molecule has 0 fully saturated rings. The highest BCUT2D eigenvalue weighted by Crippen LogP contribution is 2.41. The van der Waals surface area contributed by atoms with Crippen LogP contribution in [0.15, 0.2) is 43.0 Å². The van der Waals surface area contributed by atoms with Crippen molar-refractivity contribution in [2.45, 2.75) is 6.92 Å². The number of hydrogen-bond donors (Lipinski definition) is 3. The third-order valence-electron chi connectivity index (χ3n) is 3.70. The van der Waals surface area contributed by atoms with E-state index in [-0.39, 0.29) is 11.7 Å². The Hall–Kier alpha value is -2.92. The summed E-state index contributed by atoms with van der Waals surface area (Å²) in [6.45, 7) is 5.50. The van der Waals surface area contributed by atoms with Crippen molar-refractivity contribution in [1.29, 1.82) is 0 Å². The molecule has 22 heavy (non-hydrogen) atoms. The van der Waals surface area contributed by atoms with Crippen LogP contribution in [0.25, 0.3) is 5.57 Å². The molecule has 0 aliphatic heterocycles. The standard InChI is InChI=1S/C17H15N3O2/c1-9-11-5-3-4-6-12(11)17(22)16-13(19-10(2)21)7-8-14(20-18)15(9)16/h3-8,20H,1,18H2,2H3,(H,19,21). The lowest BCUT2D eigenvalue weighted by atomic mass is 9.80. The van der Waals surface area contributed by atoms with Crippen LogP contribution >= 0.6 is 0 Å². The number of nitrogens with one attached hydrogen (secondary N) is 2. The molecule has 1 aliphatic rings. The molecule has 0 saturated heterocycles. The first-order chi connectivity index (χ1) is 10.5. The highest BCUT2D eigenvalue weighted by atomic mass is 16.1. The zero-order chi connectivity index (χ0) is 15.9. The van der Waals surface area contributed by atoms with E-state index in [1.54, 1.807) is 24.3 Å². The van der Waals surface area contributed by atoms with Crippen LogP contribution in [0.5, 0.6) is 0 Å². The normalized spacial score (nSPS) is 12.5. The van der Waals surface area contributed by atoms with Crippen molar-refractivity contribution in [1.82, 2.24) is 0 Å². The van der Waals surface area contributed by atoms with E-state index in [4.69, 9.17) is 5.84 Å². The maximum atomic E-state index is 12.9. The second-order valence-corrected chi connectivity index (χ2v) is 5.09. The predicted octanol–water partition coefficient (Wildman–Crippen LogP) is 2.54. The largest absolute Gasteiger partial charge is 0.326 e. The minimum atomic E-state index is -0.243. The summed E-state index contributed by atoms with van der Waals surface area (Å²) in [6.07, 6.45) is 0. The Morgan fingerprint density at radius 2 is 1.68 bits per heavy atom. The topological polar surface area (TPSA) is 84.2 Å².